The number of rotatable bonds is 3. The number of esters is 1. The van der Waals surface area contributed by atoms with Crippen LogP contribution in [0.3, 0.4) is 0 Å². The monoisotopic (exact) mass is 281 g/mol. The molecular weight excluding hydrogens is 270 g/mol. The molecule has 1 aromatic carbocycles. The van der Waals surface area contributed by atoms with Crippen molar-refractivity contribution in [2.24, 2.45) is 0 Å². The number of hydrogen-bond acceptors (Lipinski definition) is 3. The Balaban J connectivity index is 3.26. The highest BCUT2D eigenvalue weighted by molar-refractivity contribution is 9.10. The van der Waals surface area contributed by atoms with Gasteiger partial charge in [-0.1, -0.05) is 13.0 Å². The molecule has 0 N–H and O–H groups in total. The van der Waals surface area contributed by atoms with E-state index in [-0.39, 0.29) is 12.4 Å². The number of aryl methyl sites for hydroxylation is 1. The van der Waals surface area contributed by atoms with Crippen molar-refractivity contribution in [3.05, 3.63) is 33.3 Å². The van der Waals surface area contributed by atoms with Crippen LogP contribution in [-0.2, 0) is 22.4 Å². The molecule has 0 amide bonds. The Morgan fingerprint density at radius 2 is 2.25 bits per heavy atom. The maximum atomic E-state index is 11.3. The van der Waals surface area contributed by atoms with E-state index in [4.69, 9.17) is 5.26 Å². The second-order valence-corrected chi connectivity index (χ2v) is 4.13. The van der Waals surface area contributed by atoms with Gasteiger partial charge in [0, 0.05) is 4.47 Å². The van der Waals surface area contributed by atoms with E-state index < -0.39 is 0 Å². The van der Waals surface area contributed by atoms with Crippen molar-refractivity contribution in [3.8, 4) is 6.07 Å². The summed E-state index contributed by atoms with van der Waals surface area (Å²) in [4.78, 5) is 11.3. The Morgan fingerprint density at radius 1 is 1.56 bits per heavy atom. The number of ether oxygens (including phenoxy) is 1. The first kappa shape index (κ1) is 12.7. The molecule has 0 aliphatic rings. The number of nitriles is 1. The standard InChI is InChI=1S/C12H12BrNO2/c1-3-8-4-5-11(13)10(7-14)9(8)6-12(15)16-2/h4-5H,3,6H2,1-2H3. The molecule has 0 fully saturated rings. The van der Waals surface area contributed by atoms with Gasteiger partial charge in [0.2, 0.25) is 0 Å². The van der Waals surface area contributed by atoms with E-state index in [9.17, 15) is 4.79 Å². The van der Waals surface area contributed by atoms with Crippen LogP contribution in [-0.4, -0.2) is 13.1 Å². The predicted octanol–water partition coefficient (Wildman–Crippen LogP) is 2.60. The zero-order valence-corrected chi connectivity index (χ0v) is 10.8. The highest BCUT2D eigenvalue weighted by Gasteiger charge is 2.14. The number of nitrogens with zero attached hydrogens (tertiary/aromatic N) is 1. The van der Waals surface area contributed by atoms with E-state index in [1.54, 1.807) is 0 Å². The number of carbonyl (C=O) groups excluding carboxylic acids is 1. The van der Waals surface area contributed by atoms with Crippen LogP contribution < -0.4 is 0 Å². The molecule has 1 aromatic rings. The molecule has 84 valence electrons. The number of carbonyl (C=O) groups is 1. The number of methoxy groups -OCH3 is 1. The first-order chi connectivity index (χ1) is 7.63. The number of halogens is 1. The lowest BCUT2D eigenvalue weighted by atomic mass is 9.97. The molecule has 0 aliphatic carbocycles. The van der Waals surface area contributed by atoms with Gasteiger partial charge >= 0.3 is 5.97 Å². The van der Waals surface area contributed by atoms with E-state index in [1.807, 2.05) is 19.1 Å². The van der Waals surface area contributed by atoms with Crippen molar-refractivity contribution in [2.75, 3.05) is 7.11 Å². The fraction of sp³-hybridized carbons (Fsp3) is 0.333. The van der Waals surface area contributed by atoms with Gasteiger partial charge < -0.3 is 4.74 Å². The maximum absolute atomic E-state index is 11.3. The molecule has 0 aromatic heterocycles. The van der Waals surface area contributed by atoms with Gasteiger partial charge in [-0.2, -0.15) is 5.26 Å². The van der Waals surface area contributed by atoms with E-state index in [2.05, 4.69) is 26.7 Å². The Hall–Kier alpha value is -1.34. The van der Waals surface area contributed by atoms with Crippen LogP contribution in [0.15, 0.2) is 16.6 Å². The summed E-state index contributed by atoms with van der Waals surface area (Å²) in [5.41, 5.74) is 2.28. The molecular formula is C12H12BrNO2. The summed E-state index contributed by atoms with van der Waals surface area (Å²) in [6.07, 6.45) is 0.927. The SMILES string of the molecule is CCc1ccc(Br)c(C#N)c1CC(=O)OC. The quantitative estimate of drug-likeness (QED) is 0.801. The Bertz CT molecular complexity index is 449. The van der Waals surface area contributed by atoms with Gasteiger partial charge in [0.25, 0.3) is 0 Å². The number of benzene rings is 1. The van der Waals surface area contributed by atoms with Crippen molar-refractivity contribution < 1.29 is 9.53 Å². The van der Waals surface area contributed by atoms with Crippen LogP contribution in [0, 0.1) is 11.3 Å². The van der Waals surface area contributed by atoms with Crippen LogP contribution in [0.4, 0.5) is 0 Å². The average molecular weight is 282 g/mol. The molecule has 0 saturated carbocycles. The zero-order valence-electron chi connectivity index (χ0n) is 9.21. The van der Waals surface area contributed by atoms with Crippen LogP contribution >= 0.6 is 15.9 Å². The zero-order chi connectivity index (χ0) is 12.1. The van der Waals surface area contributed by atoms with Gasteiger partial charge in [0.05, 0.1) is 19.1 Å². The van der Waals surface area contributed by atoms with E-state index in [0.29, 0.717) is 10.0 Å². The summed E-state index contributed by atoms with van der Waals surface area (Å²) >= 11 is 3.31. The lowest BCUT2D eigenvalue weighted by molar-refractivity contribution is -0.139. The van der Waals surface area contributed by atoms with Crippen LogP contribution in [0.2, 0.25) is 0 Å². The van der Waals surface area contributed by atoms with Gasteiger partial charge in [0.15, 0.2) is 0 Å². The fourth-order valence-corrected chi connectivity index (χ4v) is 1.99. The average Bonchev–Trinajstić information content (AvgIpc) is 2.29. The third-order valence-electron chi connectivity index (χ3n) is 2.40. The highest BCUT2D eigenvalue weighted by Crippen LogP contribution is 2.24. The van der Waals surface area contributed by atoms with Crippen molar-refractivity contribution in [3.63, 3.8) is 0 Å². The molecule has 1 rings (SSSR count). The van der Waals surface area contributed by atoms with E-state index >= 15 is 0 Å². The van der Waals surface area contributed by atoms with Crippen molar-refractivity contribution in [1.29, 1.82) is 5.26 Å². The normalized spacial score (nSPS) is 9.62. The molecule has 0 heterocycles. The van der Waals surface area contributed by atoms with Crippen LogP contribution in [0.5, 0.6) is 0 Å². The third-order valence-corrected chi connectivity index (χ3v) is 3.06. The molecule has 16 heavy (non-hydrogen) atoms. The summed E-state index contributed by atoms with van der Waals surface area (Å²) in [5, 5.41) is 9.07. The highest BCUT2D eigenvalue weighted by atomic mass is 79.9. The lowest BCUT2D eigenvalue weighted by Gasteiger charge is -2.10. The maximum Gasteiger partial charge on any atom is 0.310 e. The number of hydrogen-bond donors (Lipinski definition) is 0. The molecule has 3 nitrogen and oxygen atoms in total. The molecule has 0 aliphatic heterocycles. The minimum Gasteiger partial charge on any atom is -0.469 e. The third kappa shape index (κ3) is 2.61. The molecule has 0 unspecified atom stereocenters. The molecule has 0 bridgehead atoms. The largest absolute Gasteiger partial charge is 0.469 e. The summed E-state index contributed by atoms with van der Waals surface area (Å²) in [6, 6.07) is 5.86. The van der Waals surface area contributed by atoms with Gasteiger partial charge in [-0.3, -0.25) is 4.79 Å². The minimum atomic E-state index is -0.329. The Kier molecular flexibility index (Phi) is 4.51. The fourth-order valence-electron chi connectivity index (χ4n) is 1.53. The van der Waals surface area contributed by atoms with Crippen LogP contribution in [0.1, 0.15) is 23.6 Å². The Labute approximate surface area is 103 Å². The van der Waals surface area contributed by atoms with Crippen molar-refractivity contribution in [1.82, 2.24) is 0 Å². The second-order valence-electron chi connectivity index (χ2n) is 3.28. The van der Waals surface area contributed by atoms with Crippen molar-refractivity contribution in [2.45, 2.75) is 19.8 Å². The van der Waals surface area contributed by atoms with E-state index in [1.165, 1.54) is 7.11 Å². The van der Waals surface area contributed by atoms with Gasteiger partial charge in [-0.05, 0) is 39.5 Å². The first-order valence-electron chi connectivity index (χ1n) is 4.91. The Morgan fingerprint density at radius 3 is 2.75 bits per heavy atom. The van der Waals surface area contributed by atoms with Crippen LogP contribution in [0.25, 0.3) is 0 Å². The van der Waals surface area contributed by atoms with E-state index in [0.717, 1.165) is 17.5 Å². The molecule has 0 radical (unpaired) electrons. The molecule has 0 atom stereocenters. The van der Waals surface area contributed by atoms with Crippen molar-refractivity contribution >= 4 is 21.9 Å². The minimum absolute atomic E-state index is 0.141. The smallest absolute Gasteiger partial charge is 0.310 e. The molecule has 0 saturated heterocycles. The first-order valence-corrected chi connectivity index (χ1v) is 5.70. The predicted molar refractivity (Wildman–Crippen MR) is 64.0 cm³/mol. The van der Waals surface area contributed by atoms with Gasteiger partial charge in [-0.25, -0.2) is 0 Å². The van der Waals surface area contributed by atoms with Gasteiger partial charge in [0.1, 0.15) is 6.07 Å². The topological polar surface area (TPSA) is 50.1 Å². The lowest BCUT2D eigenvalue weighted by Crippen LogP contribution is -2.09. The summed E-state index contributed by atoms with van der Waals surface area (Å²) < 4.78 is 5.34. The molecule has 0 spiro atoms. The second kappa shape index (κ2) is 5.66. The summed E-state index contributed by atoms with van der Waals surface area (Å²) in [7, 11) is 1.35. The van der Waals surface area contributed by atoms with Gasteiger partial charge in [-0.15, -0.1) is 0 Å². The molecule has 4 heteroatoms. The summed E-state index contributed by atoms with van der Waals surface area (Å²) in [6.45, 7) is 1.99. The summed E-state index contributed by atoms with van der Waals surface area (Å²) in [5.74, 6) is -0.329.